The van der Waals surface area contributed by atoms with Gasteiger partial charge in [0.25, 0.3) is 0 Å². The lowest BCUT2D eigenvalue weighted by Crippen LogP contribution is -2.39. The third kappa shape index (κ3) is 7.16. The predicted octanol–water partition coefficient (Wildman–Crippen LogP) is 4.89. The topological polar surface area (TPSA) is 53.2 Å². The van der Waals surface area contributed by atoms with E-state index in [4.69, 9.17) is 0 Å². The first-order valence-electron chi connectivity index (χ1n) is 9.46. The number of allylic oxidation sites excluding steroid dienone is 1. The number of nitrogens with one attached hydrogen (secondary N) is 3. The van der Waals surface area contributed by atoms with Crippen molar-refractivity contribution >= 4 is 16.8 Å². The average Bonchev–Trinajstić information content (AvgIpc) is 2.65. The summed E-state index contributed by atoms with van der Waals surface area (Å²) >= 11 is 0. The summed E-state index contributed by atoms with van der Waals surface area (Å²) in [6.07, 6.45) is 4.51. The second-order valence-corrected chi connectivity index (χ2v) is 6.73. The van der Waals surface area contributed by atoms with Gasteiger partial charge in [0, 0.05) is 35.9 Å². The van der Waals surface area contributed by atoms with Gasteiger partial charge in [0.05, 0.1) is 0 Å². The minimum absolute atomic E-state index is 0. The average molecular weight is 370 g/mol. The molecule has 0 saturated carbocycles. The van der Waals surface area contributed by atoms with Gasteiger partial charge in [-0.15, -0.1) is 0 Å². The van der Waals surface area contributed by atoms with E-state index in [-0.39, 0.29) is 22.4 Å². The first kappa shape index (κ1) is 20.5. The maximum absolute atomic E-state index is 11.4. The zero-order chi connectivity index (χ0) is 19.5. The summed E-state index contributed by atoms with van der Waals surface area (Å²) in [6.45, 7) is 7.34. The first-order chi connectivity index (χ1) is 13.1. The molecule has 0 fully saturated rings. The number of carbonyl (C=O) groups excluding carboxylic acids is 1. The van der Waals surface area contributed by atoms with E-state index in [1.165, 1.54) is 16.3 Å². The maximum atomic E-state index is 11.4. The Morgan fingerprint density at radius 1 is 1.15 bits per heavy atom. The number of fused-ring (bicyclic) bond motifs is 1. The van der Waals surface area contributed by atoms with E-state index in [9.17, 15) is 4.79 Å². The van der Waals surface area contributed by atoms with Crippen LogP contribution in [0.15, 0.2) is 54.6 Å². The third-order valence-electron chi connectivity index (χ3n) is 4.09. The minimum Gasteiger partial charge on any atom is -0.337 e. The monoisotopic (exact) mass is 369 g/mol. The Kier molecular flexibility index (Phi) is 8.41. The Labute approximate surface area is 166 Å². The molecule has 0 heterocycles. The fraction of sp³-hybridized carbons (Fsp3) is 0.348. The fourth-order valence-corrected chi connectivity index (χ4v) is 2.78. The number of benzene rings is 2. The highest BCUT2D eigenvalue weighted by atomic mass is 16.2. The number of urea groups is 1. The van der Waals surface area contributed by atoms with Crippen LogP contribution in [-0.4, -0.2) is 25.2 Å². The summed E-state index contributed by atoms with van der Waals surface area (Å²) in [5, 5.41) is 11.6. The molecule has 148 valence electrons. The Bertz CT molecular complexity index is 839. The van der Waals surface area contributed by atoms with Gasteiger partial charge < -0.3 is 16.0 Å². The highest BCUT2D eigenvalue weighted by Crippen LogP contribution is 2.23. The Balaban J connectivity index is 0. The van der Waals surface area contributed by atoms with Gasteiger partial charge in [-0.25, -0.2) is 4.79 Å². The molecule has 0 aliphatic heterocycles. The molecule has 0 aliphatic rings. The van der Waals surface area contributed by atoms with Crippen LogP contribution in [0, 0.1) is 11.8 Å². The molecule has 0 aromatic heterocycles. The molecule has 2 aromatic rings. The van der Waals surface area contributed by atoms with E-state index < -0.39 is 0 Å². The second kappa shape index (κ2) is 11.1. The second-order valence-electron chi connectivity index (χ2n) is 6.73. The summed E-state index contributed by atoms with van der Waals surface area (Å²) in [4.78, 5) is 11.4. The molecule has 0 unspecified atom stereocenters. The molecule has 3 N–H and O–H groups in total. The number of amides is 2. The van der Waals surface area contributed by atoms with Crippen LogP contribution in [0.25, 0.3) is 10.8 Å². The third-order valence-corrected chi connectivity index (χ3v) is 4.09. The van der Waals surface area contributed by atoms with Crippen molar-refractivity contribution in [1.82, 2.24) is 16.0 Å². The molecule has 0 spiro atoms. The summed E-state index contributed by atoms with van der Waals surface area (Å²) in [5.41, 5.74) is 1.30. The van der Waals surface area contributed by atoms with Crippen molar-refractivity contribution in [3.63, 3.8) is 0 Å². The van der Waals surface area contributed by atoms with Gasteiger partial charge >= 0.3 is 6.03 Å². The zero-order valence-electron chi connectivity index (χ0n) is 16.4. The Morgan fingerprint density at radius 3 is 2.74 bits per heavy atom. The highest BCUT2D eigenvalue weighted by Gasteiger charge is 2.07. The van der Waals surface area contributed by atoms with E-state index in [1.54, 1.807) is 0 Å². The van der Waals surface area contributed by atoms with E-state index in [2.05, 4.69) is 77.2 Å². The SMILES string of the molecule is CC(C)NC(=O)NCCC#C/C=C/CN[C@H](C)c1cccc2ccccc12.[HH].[HH].[HH]. The summed E-state index contributed by atoms with van der Waals surface area (Å²) in [7, 11) is 0. The first-order valence-corrected chi connectivity index (χ1v) is 9.46. The molecule has 2 amide bonds. The van der Waals surface area contributed by atoms with Crippen molar-refractivity contribution in [1.29, 1.82) is 0 Å². The lowest BCUT2D eigenvalue weighted by molar-refractivity contribution is 0.239. The van der Waals surface area contributed by atoms with Crippen LogP contribution in [0.4, 0.5) is 4.79 Å². The smallest absolute Gasteiger partial charge is 0.315 e. The molecule has 4 heteroatoms. The fourth-order valence-electron chi connectivity index (χ4n) is 2.78. The summed E-state index contributed by atoms with van der Waals surface area (Å²) < 4.78 is 0. The normalized spacial score (nSPS) is 12.0. The number of hydrogen-bond acceptors (Lipinski definition) is 2. The quantitative estimate of drug-likeness (QED) is 0.481. The molecular weight excluding hydrogens is 334 g/mol. The molecule has 27 heavy (non-hydrogen) atoms. The lowest BCUT2D eigenvalue weighted by atomic mass is 10.00. The van der Waals surface area contributed by atoms with Crippen LogP contribution >= 0.6 is 0 Å². The molecule has 0 aliphatic carbocycles. The van der Waals surface area contributed by atoms with Crippen molar-refractivity contribution in [3.05, 3.63) is 60.2 Å². The van der Waals surface area contributed by atoms with Crippen LogP contribution in [0.3, 0.4) is 0 Å². The predicted molar refractivity (Wildman–Crippen MR) is 120 cm³/mol. The number of rotatable bonds is 7. The molecule has 0 saturated heterocycles. The van der Waals surface area contributed by atoms with E-state index >= 15 is 0 Å². The molecular formula is C23H35N3O. The van der Waals surface area contributed by atoms with Gasteiger partial charge in [0.2, 0.25) is 0 Å². The van der Waals surface area contributed by atoms with Gasteiger partial charge in [-0.3, -0.25) is 0 Å². The van der Waals surface area contributed by atoms with Crippen molar-refractivity contribution in [2.75, 3.05) is 13.1 Å². The van der Waals surface area contributed by atoms with E-state index in [0.717, 1.165) is 6.54 Å². The molecule has 2 aromatic carbocycles. The largest absolute Gasteiger partial charge is 0.337 e. The molecule has 4 nitrogen and oxygen atoms in total. The minimum atomic E-state index is -0.144. The van der Waals surface area contributed by atoms with Crippen molar-refractivity contribution in [2.45, 2.75) is 39.3 Å². The zero-order valence-corrected chi connectivity index (χ0v) is 16.4. The van der Waals surface area contributed by atoms with Crippen molar-refractivity contribution < 1.29 is 9.07 Å². The van der Waals surface area contributed by atoms with Crippen LogP contribution < -0.4 is 16.0 Å². The van der Waals surface area contributed by atoms with Gasteiger partial charge in [-0.2, -0.15) is 0 Å². The molecule has 1 atom stereocenters. The molecule has 2 rings (SSSR count). The summed E-state index contributed by atoms with van der Waals surface area (Å²) in [6, 6.07) is 15.1. The van der Waals surface area contributed by atoms with Crippen LogP contribution in [0.2, 0.25) is 0 Å². The van der Waals surface area contributed by atoms with Gasteiger partial charge in [-0.05, 0) is 43.2 Å². The van der Waals surface area contributed by atoms with Gasteiger partial charge in [0.1, 0.15) is 0 Å². The molecule has 0 radical (unpaired) electrons. The standard InChI is InChI=1S/C23H29N3O.3H2/c1-18(2)26-23(27)25-17-10-6-4-5-9-16-24-19(3)21-15-11-13-20-12-7-8-14-22(20)21;;;/h5,7-9,11-15,18-19,24H,10,16-17H2,1-3H3,(H2,25,26,27);3*1H/b9-5+;;;/t19-;;;/m1.../s1. The van der Waals surface area contributed by atoms with E-state index in [0.29, 0.717) is 13.0 Å². The molecule has 0 bridgehead atoms. The number of hydrogen-bond donors (Lipinski definition) is 3. The van der Waals surface area contributed by atoms with Crippen LogP contribution in [0.1, 0.15) is 43.1 Å². The Morgan fingerprint density at radius 2 is 1.93 bits per heavy atom. The van der Waals surface area contributed by atoms with Crippen molar-refractivity contribution in [3.8, 4) is 11.8 Å². The van der Waals surface area contributed by atoms with Gasteiger partial charge in [-0.1, -0.05) is 60.4 Å². The van der Waals surface area contributed by atoms with E-state index in [1.807, 2.05) is 26.0 Å². The maximum Gasteiger partial charge on any atom is 0.315 e. The highest BCUT2D eigenvalue weighted by molar-refractivity contribution is 5.86. The number of carbonyl (C=O) groups is 1. The van der Waals surface area contributed by atoms with Crippen LogP contribution in [0.5, 0.6) is 0 Å². The van der Waals surface area contributed by atoms with Crippen LogP contribution in [-0.2, 0) is 0 Å². The van der Waals surface area contributed by atoms with Crippen molar-refractivity contribution in [2.24, 2.45) is 0 Å². The Hall–Kier alpha value is -2.77. The van der Waals surface area contributed by atoms with Gasteiger partial charge in [0.15, 0.2) is 0 Å². The summed E-state index contributed by atoms with van der Waals surface area (Å²) in [5.74, 6) is 6.03. The lowest BCUT2D eigenvalue weighted by Gasteiger charge is -2.15.